The van der Waals surface area contributed by atoms with Crippen LogP contribution in [-0.4, -0.2) is 16.8 Å². The monoisotopic (exact) mass is 255 g/mol. The summed E-state index contributed by atoms with van der Waals surface area (Å²) >= 11 is -1.51. The van der Waals surface area contributed by atoms with Crippen LogP contribution in [0.5, 0.6) is 0 Å². The first-order valence-corrected chi connectivity index (χ1v) is 6.37. The van der Waals surface area contributed by atoms with Crippen molar-refractivity contribution in [3.8, 4) is 0 Å². The molecule has 0 saturated heterocycles. The molecule has 0 radical (unpaired) electrons. The Hall–Kier alpha value is -1.43. The van der Waals surface area contributed by atoms with Gasteiger partial charge in [-0.25, -0.2) is 4.21 Å². The molecule has 1 unspecified atom stereocenters. The highest BCUT2D eigenvalue weighted by Gasteiger charge is 2.04. The van der Waals surface area contributed by atoms with Crippen molar-refractivity contribution in [3.63, 3.8) is 0 Å². The van der Waals surface area contributed by atoms with Gasteiger partial charge in [0.1, 0.15) is 11.6 Å². The minimum absolute atomic E-state index is 0.417. The van der Waals surface area contributed by atoms with Crippen LogP contribution < -0.4 is 4.72 Å². The molecule has 1 N–H and O–H groups in total. The van der Waals surface area contributed by atoms with Gasteiger partial charge in [-0.1, -0.05) is 13.8 Å². The third-order valence-corrected chi connectivity index (χ3v) is 2.87. The van der Waals surface area contributed by atoms with Crippen LogP contribution >= 0.6 is 0 Å². The van der Waals surface area contributed by atoms with E-state index >= 15 is 0 Å². The fraction of sp³-hybridized carbons (Fsp3) is 0.455. The average Bonchev–Trinajstić information content (AvgIpc) is 2.75. The van der Waals surface area contributed by atoms with Crippen molar-refractivity contribution in [2.75, 3.05) is 0 Å². The van der Waals surface area contributed by atoms with Gasteiger partial charge in [-0.2, -0.15) is 4.40 Å². The first-order valence-electron chi connectivity index (χ1n) is 5.26. The molecule has 1 atom stereocenters. The highest BCUT2D eigenvalue weighted by molar-refractivity contribution is 7.82. The lowest BCUT2D eigenvalue weighted by Gasteiger charge is -1.99. The zero-order valence-corrected chi connectivity index (χ0v) is 11.1. The summed E-state index contributed by atoms with van der Waals surface area (Å²) < 4.78 is 22.3. The van der Waals surface area contributed by atoms with Crippen LogP contribution in [0.1, 0.15) is 38.0 Å². The van der Waals surface area contributed by atoms with Gasteiger partial charge in [0.15, 0.2) is 0 Å². The minimum Gasteiger partial charge on any atom is -0.467 e. The topological polar surface area (TPSA) is 67.0 Å². The smallest absolute Gasteiger partial charge is 0.243 e. The van der Waals surface area contributed by atoms with E-state index < -0.39 is 11.2 Å². The Kier molecular flexibility index (Phi) is 5.09. The Balaban J connectivity index is 2.56. The predicted molar refractivity (Wildman–Crippen MR) is 70.4 cm³/mol. The summed E-state index contributed by atoms with van der Waals surface area (Å²) in [5.74, 6) is 1.76. The lowest BCUT2D eigenvalue weighted by atomic mass is 10.1. The van der Waals surface area contributed by atoms with Crippen molar-refractivity contribution < 1.29 is 8.63 Å². The molecule has 1 aromatic rings. The number of furan rings is 1. The SMILES string of the molecule is C=NS(=O)NC(C)=NCc1cc(C(C)C)co1. The number of rotatable bonds is 5. The van der Waals surface area contributed by atoms with Crippen LogP contribution in [0.15, 0.2) is 26.1 Å². The predicted octanol–water partition coefficient (Wildman–Crippen LogP) is 2.19. The van der Waals surface area contributed by atoms with Gasteiger partial charge in [-0.3, -0.25) is 9.71 Å². The van der Waals surface area contributed by atoms with Crippen molar-refractivity contribution in [2.24, 2.45) is 9.39 Å². The van der Waals surface area contributed by atoms with Gasteiger partial charge in [0, 0.05) is 6.72 Å². The van der Waals surface area contributed by atoms with Gasteiger partial charge < -0.3 is 4.42 Å². The zero-order valence-electron chi connectivity index (χ0n) is 10.3. The minimum atomic E-state index is -1.51. The first kappa shape index (κ1) is 13.6. The largest absolute Gasteiger partial charge is 0.467 e. The Bertz CT molecular complexity index is 438. The number of hydrogen-bond acceptors (Lipinski definition) is 3. The second kappa shape index (κ2) is 6.34. The summed E-state index contributed by atoms with van der Waals surface area (Å²) in [7, 11) is 0. The molecule has 5 nitrogen and oxygen atoms in total. The molecule has 1 heterocycles. The van der Waals surface area contributed by atoms with E-state index in [0.29, 0.717) is 18.3 Å². The number of nitrogens with zero attached hydrogens (tertiary/aromatic N) is 2. The summed E-state index contributed by atoms with van der Waals surface area (Å²) in [6.45, 7) is 9.50. The van der Waals surface area contributed by atoms with Gasteiger partial charge in [0.25, 0.3) is 0 Å². The fourth-order valence-electron chi connectivity index (χ4n) is 1.17. The van der Waals surface area contributed by atoms with Gasteiger partial charge in [-0.05, 0) is 24.5 Å². The standard InChI is InChI=1S/C11H17N3O2S/c1-8(2)10-5-11(16-7-10)6-13-9(3)14-17(15)12-4/h5,7-8H,4,6H2,1-3H3,(H,13,14). The second-order valence-electron chi connectivity index (χ2n) is 3.88. The highest BCUT2D eigenvalue weighted by atomic mass is 32.2. The molecule has 0 spiro atoms. The zero-order chi connectivity index (χ0) is 12.8. The fourth-order valence-corrected chi connectivity index (χ4v) is 1.55. The summed E-state index contributed by atoms with van der Waals surface area (Å²) in [5.41, 5.74) is 1.15. The van der Waals surface area contributed by atoms with E-state index in [2.05, 4.69) is 34.7 Å². The number of hydrogen-bond donors (Lipinski definition) is 1. The Morgan fingerprint density at radius 3 is 2.88 bits per heavy atom. The van der Waals surface area contributed by atoms with Crippen LogP contribution in [0.2, 0.25) is 0 Å². The summed E-state index contributed by atoms with van der Waals surface area (Å²) in [4.78, 5) is 4.19. The lowest BCUT2D eigenvalue weighted by Crippen LogP contribution is -2.21. The van der Waals surface area contributed by atoms with Gasteiger partial charge in [-0.15, -0.1) is 0 Å². The number of amidine groups is 1. The molecule has 0 aliphatic carbocycles. The molecule has 17 heavy (non-hydrogen) atoms. The first-order chi connectivity index (χ1) is 8.02. The maximum Gasteiger partial charge on any atom is 0.243 e. The summed E-state index contributed by atoms with van der Waals surface area (Å²) in [6, 6.07) is 1.98. The van der Waals surface area contributed by atoms with Crippen molar-refractivity contribution in [1.82, 2.24) is 4.72 Å². The van der Waals surface area contributed by atoms with Gasteiger partial charge in [0.05, 0.1) is 12.8 Å². The molecule has 1 rings (SSSR count). The molecule has 0 aliphatic rings. The van der Waals surface area contributed by atoms with E-state index in [1.807, 2.05) is 6.07 Å². The lowest BCUT2D eigenvalue weighted by molar-refractivity contribution is 0.509. The van der Waals surface area contributed by atoms with Crippen LogP contribution in [0.4, 0.5) is 0 Å². The van der Waals surface area contributed by atoms with E-state index in [4.69, 9.17) is 4.42 Å². The normalized spacial score (nSPS) is 13.8. The van der Waals surface area contributed by atoms with E-state index in [-0.39, 0.29) is 0 Å². The van der Waals surface area contributed by atoms with Crippen LogP contribution in [0.3, 0.4) is 0 Å². The Labute approximate surface area is 104 Å². The Morgan fingerprint density at radius 2 is 2.35 bits per heavy atom. The molecule has 94 valence electrons. The van der Waals surface area contributed by atoms with E-state index in [9.17, 15) is 4.21 Å². The summed E-state index contributed by atoms with van der Waals surface area (Å²) in [5, 5.41) is 0. The van der Waals surface area contributed by atoms with Gasteiger partial charge >= 0.3 is 0 Å². The third kappa shape index (κ3) is 4.52. The molecule has 0 amide bonds. The Morgan fingerprint density at radius 1 is 1.65 bits per heavy atom. The molecule has 6 heteroatoms. The quantitative estimate of drug-likeness (QED) is 0.647. The molecular formula is C11H17N3O2S. The highest BCUT2D eigenvalue weighted by Crippen LogP contribution is 2.17. The van der Waals surface area contributed by atoms with Crippen molar-refractivity contribution in [2.45, 2.75) is 33.2 Å². The van der Waals surface area contributed by atoms with E-state index in [1.165, 1.54) is 0 Å². The van der Waals surface area contributed by atoms with E-state index in [0.717, 1.165) is 11.3 Å². The maximum absolute atomic E-state index is 11.0. The van der Waals surface area contributed by atoms with Crippen molar-refractivity contribution in [3.05, 3.63) is 23.7 Å². The summed E-state index contributed by atoms with van der Waals surface area (Å²) in [6.07, 6.45) is 1.74. The third-order valence-electron chi connectivity index (χ3n) is 2.17. The van der Waals surface area contributed by atoms with Gasteiger partial charge in [0.2, 0.25) is 11.2 Å². The van der Waals surface area contributed by atoms with Crippen LogP contribution in [-0.2, 0) is 17.7 Å². The molecule has 0 saturated carbocycles. The molecule has 1 aromatic heterocycles. The average molecular weight is 255 g/mol. The van der Waals surface area contributed by atoms with Crippen molar-refractivity contribution in [1.29, 1.82) is 0 Å². The molecule has 0 bridgehead atoms. The number of aliphatic imine (C=N–C) groups is 1. The molecule has 0 fully saturated rings. The maximum atomic E-state index is 11.0. The second-order valence-corrected chi connectivity index (χ2v) is 4.84. The van der Waals surface area contributed by atoms with Crippen molar-refractivity contribution >= 4 is 23.7 Å². The molecule has 0 aromatic carbocycles. The van der Waals surface area contributed by atoms with E-state index in [1.54, 1.807) is 13.2 Å². The number of nitrogens with one attached hydrogen (secondary N) is 1. The molecule has 0 aliphatic heterocycles. The van der Waals surface area contributed by atoms with Crippen LogP contribution in [0.25, 0.3) is 0 Å². The molecular weight excluding hydrogens is 238 g/mol. The van der Waals surface area contributed by atoms with Crippen LogP contribution in [0, 0.1) is 0 Å².